The number of nitro benzene ring substituents is 1. The first-order valence-electron chi connectivity index (χ1n) is 8.52. The number of carbonyl (C=O) groups is 2. The first-order valence-corrected chi connectivity index (χ1v) is 9.74. The summed E-state index contributed by atoms with van der Waals surface area (Å²) in [6.45, 7) is 0.464. The van der Waals surface area contributed by atoms with Crippen LogP contribution in [0.4, 0.5) is 5.69 Å². The summed E-state index contributed by atoms with van der Waals surface area (Å²) >= 11 is 6.45. The van der Waals surface area contributed by atoms with Crippen LogP contribution in [0.3, 0.4) is 0 Å². The third-order valence-electron chi connectivity index (χ3n) is 4.06. The Balaban J connectivity index is 2.01. The van der Waals surface area contributed by atoms with Crippen molar-refractivity contribution < 1.29 is 24.0 Å². The van der Waals surface area contributed by atoms with Crippen LogP contribution < -0.4 is 4.74 Å². The highest BCUT2D eigenvalue weighted by Gasteiger charge is 2.31. The normalized spacial score (nSPS) is 15.2. The first kappa shape index (κ1) is 21.8. The smallest absolute Gasteiger partial charge is 0.311 e. The lowest BCUT2D eigenvalue weighted by Gasteiger charge is -2.13. The number of methoxy groups -OCH3 is 2. The minimum Gasteiger partial charge on any atom is -0.490 e. The number of benzene rings is 1. The third kappa shape index (κ3) is 5.52. The predicted octanol–water partition coefficient (Wildman–Crippen LogP) is 3.54. The molecular weight excluding hydrogens is 404 g/mol. The Bertz CT molecular complexity index is 824. The van der Waals surface area contributed by atoms with E-state index >= 15 is 0 Å². The molecule has 1 aliphatic rings. The van der Waals surface area contributed by atoms with Crippen LogP contribution in [0, 0.1) is 10.1 Å². The maximum atomic E-state index is 12.6. The van der Waals surface area contributed by atoms with Crippen molar-refractivity contribution in [3.05, 3.63) is 38.8 Å². The first-order chi connectivity index (χ1) is 13.4. The van der Waals surface area contributed by atoms with Crippen LogP contribution in [-0.4, -0.2) is 46.8 Å². The van der Waals surface area contributed by atoms with Gasteiger partial charge in [0.25, 0.3) is 5.91 Å². The molecule has 0 aromatic heterocycles. The number of thioether (sulfide) groups is 1. The van der Waals surface area contributed by atoms with E-state index in [-0.39, 0.29) is 23.3 Å². The summed E-state index contributed by atoms with van der Waals surface area (Å²) < 4.78 is 10.0. The lowest BCUT2D eigenvalue weighted by molar-refractivity contribution is -0.385. The molecule has 0 radical (unpaired) electrons. The summed E-state index contributed by atoms with van der Waals surface area (Å²) in [5.41, 5.74) is 0.350. The maximum absolute atomic E-state index is 12.6. The second kappa shape index (κ2) is 10.2. The van der Waals surface area contributed by atoms with Crippen molar-refractivity contribution in [3.63, 3.8) is 0 Å². The topological polar surface area (TPSA) is 99.0 Å². The minimum absolute atomic E-state index is 0.154. The largest absolute Gasteiger partial charge is 0.490 e. The molecule has 0 saturated carbocycles. The maximum Gasteiger partial charge on any atom is 0.311 e. The molecule has 0 atom stereocenters. The van der Waals surface area contributed by atoms with Gasteiger partial charge in [0.1, 0.15) is 4.32 Å². The Morgan fingerprint density at radius 2 is 2.07 bits per heavy atom. The molecule has 1 aliphatic heterocycles. The van der Waals surface area contributed by atoms with Gasteiger partial charge in [-0.15, -0.1) is 0 Å². The highest BCUT2D eigenvalue weighted by atomic mass is 32.2. The summed E-state index contributed by atoms with van der Waals surface area (Å²) in [4.78, 5) is 36.2. The Morgan fingerprint density at radius 1 is 1.32 bits per heavy atom. The summed E-state index contributed by atoms with van der Waals surface area (Å²) in [6.07, 6.45) is 4.11. The summed E-state index contributed by atoms with van der Waals surface area (Å²) in [7, 11) is 2.71. The Kier molecular flexibility index (Phi) is 7.94. The van der Waals surface area contributed by atoms with E-state index < -0.39 is 4.92 Å². The molecule has 0 unspecified atom stereocenters. The average molecular weight is 425 g/mol. The van der Waals surface area contributed by atoms with Gasteiger partial charge in [-0.25, -0.2) is 0 Å². The van der Waals surface area contributed by atoms with E-state index in [1.165, 1.54) is 43.0 Å². The molecule has 1 aromatic carbocycles. The van der Waals surface area contributed by atoms with E-state index in [1.54, 1.807) is 12.1 Å². The van der Waals surface area contributed by atoms with Gasteiger partial charge >= 0.3 is 11.7 Å². The van der Waals surface area contributed by atoms with Crippen molar-refractivity contribution in [2.24, 2.45) is 0 Å². The van der Waals surface area contributed by atoms with Gasteiger partial charge in [0.15, 0.2) is 5.75 Å². The van der Waals surface area contributed by atoms with E-state index in [2.05, 4.69) is 4.74 Å². The fourth-order valence-corrected chi connectivity index (χ4v) is 3.91. The van der Waals surface area contributed by atoms with Crippen LogP contribution in [0.25, 0.3) is 6.08 Å². The molecule has 1 heterocycles. The number of unbranched alkanes of at least 4 members (excludes halogenated alkanes) is 2. The molecule has 0 bridgehead atoms. The number of thiocarbonyl (C=S) groups is 1. The van der Waals surface area contributed by atoms with Crippen molar-refractivity contribution in [2.45, 2.75) is 25.7 Å². The van der Waals surface area contributed by atoms with Crippen molar-refractivity contribution >= 4 is 51.9 Å². The van der Waals surface area contributed by atoms with Gasteiger partial charge in [-0.05, 0) is 30.5 Å². The predicted molar refractivity (Wildman–Crippen MR) is 110 cm³/mol. The highest BCUT2D eigenvalue weighted by molar-refractivity contribution is 8.26. The number of esters is 1. The number of amides is 1. The molecule has 10 heteroatoms. The lowest BCUT2D eigenvalue weighted by atomic mass is 10.1. The highest BCUT2D eigenvalue weighted by Crippen LogP contribution is 2.34. The van der Waals surface area contributed by atoms with Gasteiger partial charge in [-0.3, -0.25) is 24.6 Å². The minimum atomic E-state index is -0.532. The molecule has 28 heavy (non-hydrogen) atoms. The van der Waals surface area contributed by atoms with E-state index in [0.717, 1.165) is 6.42 Å². The molecule has 8 nitrogen and oxygen atoms in total. The van der Waals surface area contributed by atoms with Crippen LogP contribution in [0.5, 0.6) is 5.75 Å². The van der Waals surface area contributed by atoms with Crippen LogP contribution in [0.15, 0.2) is 23.1 Å². The molecule has 1 saturated heterocycles. The van der Waals surface area contributed by atoms with Crippen molar-refractivity contribution in [1.82, 2.24) is 4.90 Å². The Hall–Kier alpha value is -2.46. The van der Waals surface area contributed by atoms with E-state index in [9.17, 15) is 19.7 Å². The number of hydrogen-bond donors (Lipinski definition) is 0. The molecule has 1 aromatic rings. The Morgan fingerprint density at radius 3 is 2.71 bits per heavy atom. The van der Waals surface area contributed by atoms with Crippen LogP contribution in [0.2, 0.25) is 0 Å². The molecule has 2 rings (SSSR count). The second-order valence-corrected chi connectivity index (χ2v) is 7.58. The van der Waals surface area contributed by atoms with Crippen LogP contribution in [0.1, 0.15) is 31.2 Å². The fraction of sp³-hybridized carbons (Fsp3) is 0.389. The van der Waals surface area contributed by atoms with Crippen LogP contribution >= 0.6 is 24.0 Å². The van der Waals surface area contributed by atoms with Crippen molar-refractivity contribution in [2.75, 3.05) is 20.8 Å². The monoisotopic (exact) mass is 424 g/mol. The van der Waals surface area contributed by atoms with Crippen LogP contribution in [-0.2, 0) is 14.3 Å². The number of ether oxygens (including phenoxy) is 2. The molecule has 0 spiro atoms. The lowest BCUT2D eigenvalue weighted by Crippen LogP contribution is -2.29. The van der Waals surface area contributed by atoms with Gasteiger partial charge in [-0.2, -0.15) is 0 Å². The fourth-order valence-electron chi connectivity index (χ4n) is 2.60. The molecular formula is C18H20N2O6S2. The van der Waals surface area contributed by atoms with Gasteiger partial charge in [0.2, 0.25) is 0 Å². The molecule has 150 valence electrons. The zero-order valence-electron chi connectivity index (χ0n) is 15.5. The van der Waals surface area contributed by atoms with E-state index in [0.29, 0.717) is 40.6 Å². The average Bonchev–Trinajstić information content (AvgIpc) is 2.94. The molecule has 0 aliphatic carbocycles. The number of nitro groups is 1. The summed E-state index contributed by atoms with van der Waals surface area (Å²) in [6, 6.07) is 4.50. The summed E-state index contributed by atoms with van der Waals surface area (Å²) in [5.74, 6) is -0.315. The standard InChI is InChI=1S/C18H20N2O6S2/c1-25-14-8-7-12(10-13(14)20(23)24)11-15-17(22)19(18(27)28-15)9-5-3-4-6-16(21)26-2/h7-8,10-11H,3-6,9H2,1-2H3/b15-11-. The van der Waals surface area contributed by atoms with Gasteiger partial charge in [0, 0.05) is 19.0 Å². The van der Waals surface area contributed by atoms with Crippen molar-refractivity contribution in [1.29, 1.82) is 0 Å². The van der Waals surface area contributed by atoms with Crippen molar-refractivity contribution in [3.8, 4) is 5.75 Å². The van der Waals surface area contributed by atoms with Gasteiger partial charge in [-0.1, -0.05) is 36.5 Å². The molecule has 1 amide bonds. The number of nitrogens with zero attached hydrogens (tertiary/aromatic N) is 2. The second-order valence-electron chi connectivity index (χ2n) is 5.91. The van der Waals surface area contributed by atoms with E-state index in [1.807, 2.05) is 0 Å². The number of rotatable bonds is 9. The third-order valence-corrected chi connectivity index (χ3v) is 5.44. The molecule has 1 fully saturated rings. The number of carbonyl (C=O) groups excluding carboxylic acids is 2. The SMILES string of the molecule is COC(=O)CCCCCN1C(=O)/C(=C/c2ccc(OC)c([N+](=O)[O-])c2)SC1=S. The Labute approximate surface area is 172 Å². The zero-order chi connectivity index (χ0) is 20.7. The molecule has 0 N–H and O–H groups in total. The zero-order valence-corrected chi connectivity index (χ0v) is 17.1. The summed E-state index contributed by atoms with van der Waals surface area (Å²) in [5, 5.41) is 11.1. The van der Waals surface area contributed by atoms with Gasteiger partial charge < -0.3 is 9.47 Å². The van der Waals surface area contributed by atoms with Gasteiger partial charge in [0.05, 0.1) is 24.0 Å². The van der Waals surface area contributed by atoms with E-state index in [4.69, 9.17) is 17.0 Å². The quantitative estimate of drug-likeness (QED) is 0.148. The number of hydrogen-bond acceptors (Lipinski definition) is 8.